The van der Waals surface area contributed by atoms with E-state index in [1.807, 2.05) is 6.92 Å². The van der Waals surface area contributed by atoms with Gasteiger partial charge >= 0.3 is 0 Å². The largest absolute Gasteiger partial charge is 0.388 e. The molecule has 1 aromatic carbocycles. The predicted octanol–water partition coefficient (Wildman–Crippen LogP) is 2.10. The highest BCUT2D eigenvalue weighted by Gasteiger charge is 2.32. The summed E-state index contributed by atoms with van der Waals surface area (Å²) in [6.07, 6.45) is 2.70. The summed E-state index contributed by atoms with van der Waals surface area (Å²) in [5.41, 5.74) is 0.0786. The van der Waals surface area contributed by atoms with E-state index >= 15 is 0 Å². The van der Waals surface area contributed by atoms with Crippen LogP contribution in [0.2, 0.25) is 0 Å². The van der Waals surface area contributed by atoms with Gasteiger partial charge in [0.1, 0.15) is 0 Å². The Morgan fingerprint density at radius 3 is 2.57 bits per heavy atom. The van der Waals surface area contributed by atoms with Gasteiger partial charge in [0.05, 0.1) is 4.92 Å². The van der Waals surface area contributed by atoms with E-state index in [2.05, 4.69) is 10.0 Å². The lowest BCUT2D eigenvalue weighted by molar-refractivity contribution is -0.387. The lowest BCUT2D eigenvalue weighted by Crippen LogP contribution is -2.36. The van der Waals surface area contributed by atoms with Crippen LogP contribution in [0.15, 0.2) is 23.1 Å². The van der Waals surface area contributed by atoms with Gasteiger partial charge in [-0.1, -0.05) is 13.3 Å². The third-order valence-electron chi connectivity index (χ3n) is 3.90. The van der Waals surface area contributed by atoms with Crippen LogP contribution in [0, 0.1) is 16.0 Å². The van der Waals surface area contributed by atoms with Gasteiger partial charge in [0.15, 0.2) is 4.90 Å². The fraction of sp³-hybridized carbons (Fsp3) is 0.538. The first-order valence-corrected chi connectivity index (χ1v) is 8.32. The molecule has 8 heteroatoms. The monoisotopic (exact) mass is 313 g/mol. The molecule has 2 rings (SSSR count). The quantitative estimate of drug-likeness (QED) is 0.640. The summed E-state index contributed by atoms with van der Waals surface area (Å²) in [6.45, 7) is 1.98. The molecule has 2 atom stereocenters. The zero-order valence-electron chi connectivity index (χ0n) is 12.0. The van der Waals surface area contributed by atoms with Crippen molar-refractivity contribution < 1.29 is 13.3 Å². The van der Waals surface area contributed by atoms with Crippen LogP contribution in [0.25, 0.3) is 0 Å². The van der Waals surface area contributed by atoms with Gasteiger partial charge < -0.3 is 5.32 Å². The molecule has 0 bridgehead atoms. The molecule has 21 heavy (non-hydrogen) atoms. The van der Waals surface area contributed by atoms with Crippen molar-refractivity contribution in [2.45, 2.75) is 37.1 Å². The average molecular weight is 313 g/mol. The number of sulfonamides is 1. The van der Waals surface area contributed by atoms with Gasteiger partial charge in [0.25, 0.3) is 5.69 Å². The summed E-state index contributed by atoms with van der Waals surface area (Å²) < 4.78 is 27.4. The highest BCUT2D eigenvalue weighted by Crippen LogP contribution is 2.30. The first kappa shape index (κ1) is 15.7. The molecular formula is C13H19N3O4S. The SMILES string of the molecule is CNc1ccc(S(=O)(=O)NC2CCCC2C)c([N+](=O)[O-])c1. The van der Waals surface area contributed by atoms with Crippen LogP contribution in [0.3, 0.4) is 0 Å². The van der Waals surface area contributed by atoms with Crippen LogP contribution >= 0.6 is 0 Å². The van der Waals surface area contributed by atoms with E-state index in [4.69, 9.17) is 0 Å². The number of nitrogens with zero attached hydrogens (tertiary/aromatic N) is 1. The fourth-order valence-corrected chi connectivity index (χ4v) is 4.16. The van der Waals surface area contributed by atoms with Crippen LogP contribution in [0.1, 0.15) is 26.2 Å². The topological polar surface area (TPSA) is 101 Å². The molecule has 1 fully saturated rings. The maximum absolute atomic E-state index is 12.4. The number of hydrogen-bond donors (Lipinski definition) is 2. The number of hydrogen-bond acceptors (Lipinski definition) is 5. The highest BCUT2D eigenvalue weighted by molar-refractivity contribution is 7.89. The van der Waals surface area contributed by atoms with Crippen LogP contribution in [0.5, 0.6) is 0 Å². The van der Waals surface area contributed by atoms with Crippen LogP contribution in [-0.2, 0) is 10.0 Å². The Morgan fingerprint density at radius 2 is 2.05 bits per heavy atom. The molecule has 0 heterocycles. The Hall–Kier alpha value is -1.67. The molecular weight excluding hydrogens is 294 g/mol. The smallest absolute Gasteiger partial charge is 0.291 e. The molecule has 0 saturated heterocycles. The molecule has 7 nitrogen and oxygen atoms in total. The zero-order valence-corrected chi connectivity index (χ0v) is 12.8. The van der Waals surface area contributed by atoms with Gasteiger partial charge in [-0.3, -0.25) is 10.1 Å². The predicted molar refractivity (Wildman–Crippen MR) is 79.8 cm³/mol. The first-order chi connectivity index (χ1) is 9.85. The zero-order chi connectivity index (χ0) is 15.6. The summed E-state index contributed by atoms with van der Waals surface area (Å²) in [5.74, 6) is 0.246. The highest BCUT2D eigenvalue weighted by atomic mass is 32.2. The first-order valence-electron chi connectivity index (χ1n) is 6.83. The summed E-state index contributed by atoms with van der Waals surface area (Å²) in [5, 5.41) is 13.9. The van der Waals surface area contributed by atoms with Crippen molar-refractivity contribution in [3.8, 4) is 0 Å². The lowest BCUT2D eigenvalue weighted by atomic mass is 10.1. The number of anilines is 1. The molecule has 0 radical (unpaired) electrons. The van der Waals surface area contributed by atoms with E-state index in [1.165, 1.54) is 18.2 Å². The number of nitro benzene ring substituents is 1. The van der Waals surface area contributed by atoms with Crippen molar-refractivity contribution in [1.82, 2.24) is 4.72 Å². The van der Waals surface area contributed by atoms with E-state index in [-0.39, 0.29) is 16.9 Å². The standard InChI is InChI=1S/C13H19N3O4S/c1-9-4-3-5-11(9)15-21(19,20)13-7-6-10(14-2)8-12(13)16(17)18/h6-9,11,14-15H,3-5H2,1-2H3. The summed E-state index contributed by atoms with van der Waals surface area (Å²) in [6, 6.07) is 3.86. The van der Waals surface area contributed by atoms with E-state index in [0.29, 0.717) is 5.69 Å². The molecule has 0 spiro atoms. The Balaban J connectivity index is 2.37. The molecule has 1 aromatic rings. The molecule has 0 amide bonds. The van der Waals surface area contributed by atoms with Gasteiger partial charge in [0, 0.05) is 24.8 Å². The van der Waals surface area contributed by atoms with Gasteiger partial charge in [-0.25, -0.2) is 13.1 Å². The van der Waals surface area contributed by atoms with E-state index < -0.39 is 20.6 Å². The van der Waals surface area contributed by atoms with E-state index in [1.54, 1.807) is 7.05 Å². The van der Waals surface area contributed by atoms with Crippen molar-refractivity contribution in [3.05, 3.63) is 28.3 Å². The third kappa shape index (κ3) is 3.33. The normalized spacial score (nSPS) is 22.2. The number of benzene rings is 1. The molecule has 0 aliphatic heterocycles. The summed E-state index contributed by atoms with van der Waals surface area (Å²) in [4.78, 5) is 10.2. The molecule has 1 aliphatic rings. The minimum absolute atomic E-state index is 0.154. The van der Waals surface area contributed by atoms with Crippen molar-refractivity contribution in [3.63, 3.8) is 0 Å². The van der Waals surface area contributed by atoms with Crippen molar-refractivity contribution in [1.29, 1.82) is 0 Å². The Kier molecular flexibility index (Phi) is 4.48. The van der Waals surface area contributed by atoms with E-state index in [0.717, 1.165) is 19.3 Å². The molecule has 0 aromatic heterocycles. The van der Waals surface area contributed by atoms with E-state index in [9.17, 15) is 18.5 Å². The maximum Gasteiger partial charge on any atom is 0.291 e. The van der Waals surface area contributed by atoms with Crippen LogP contribution < -0.4 is 10.0 Å². The maximum atomic E-state index is 12.4. The van der Waals surface area contributed by atoms with Crippen LogP contribution in [0.4, 0.5) is 11.4 Å². The summed E-state index contributed by atoms with van der Waals surface area (Å²) >= 11 is 0. The molecule has 1 saturated carbocycles. The molecule has 1 aliphatic carbocycles. The van der Waals surface area contributed by atoms with Crippen molar-refractivity contribution in [2.24, 2.45) is 5.92 Å². The minimum Gasteiger partial charge on any atom is -0.388 e. The second-order valence-corrected chi connectivity index (χ2v) is 7.01. The second kappa shape index (κ2) is 5.98. The third-order valence-corrected chi connectivity index (χ3v) is 5.44. The van der Waals surface area contributed by atoms with Gasteiger partial charge in [-0.15, -0.1) is 0 Å². The Labute approximate surface area is 123 Å². The number of nitrogens with one attached hydrogen (secondary N) is 2. The summed E-state index contributed by atoms with van der Waals surface area (Å²) in [7, 11) is -2.28. The number of rotatable bonds is 5. The van der Waals surface area contributed by atoms with Crippen molar-refractivity contribution in [2.75, 3.05) is 12.4 Å². The van der Waals surface area contributed by atoms with Gasteiger partial charge in [-0.2, -0.15) is 0 Å². The molecule has 116 valence electrons. The number of nitro groups is 1. The second-order valence-electron chi connectivity index (χ2n) is 5.33. The van der Waals surface area contributed by atoms with Gasteiger partial charge in [0.2, 0.25) is 10.0 Å². The minimum atomic E-state index is -3.90. The average Bonchev–Trinajstić information content (AvgIpc) is 2.82. The fourth-order valence-electron chi connectivity index (χ4n) is 2.63. The Morgan fingerprint density at radius 1 is 1.33 bits per heavy atom. The van der Waals surface area contributed by atoms with Gasteiger partial charge in [-0.05, 0) is 30.9 Å². The molecule has 2 N–H and O–H groups in total. The van der Waals surface area contributed by atoms with Crippen LogP contribution in [-0.4, -0.2) is 26.4 Å². The lowest BCUT2D eigenvalue weighted by Gasteiger charge is -2.17. The van der Waals surface area contributed by atoms with Crippen molar-refractivity contribution >= 4 is 21.4 Å². The Bertz CT molecular complexity index is 645. The molecule has 2 unspecified atom stereocenters.